The predicted octanol–water partition coefficient (Wildman–Crippen LogP) is 4.61. The van der Waals surface area contributed by atoms with Gasteiger partial charge in [-0.1, -0.05) is 15.9 Å². The van der Waals surface area contributed by atoms with Crippen LogP contribution in [0, 0.1) is 15.2 Å². The van der Waals surface area contributed by atoms with Gasteiger partial charge >= 0.3 is 0 Å². The van der Waals surface area contributed by atoms with Crippen LogP contribution >= 0.6 is 38.5 Å². The van der Waals surface area contributed by atoms with Gasteiger partial charge in [0.05, 0.1) is 6.10 Å². The molecule has 100 valence electrons. The second kappa shape index (κ2) is 6.28. The first-order chi connectivity index (χ1) is 8.95. The summed E-state index contributed by atoms with van der Waals surface area (Å²) in [6.07, 6.45) is -0.633. The van der Waals surface area contributed by atoms with Crippen LogP contribution in [0.25, 0.3) is 0 Å². The van der Waals surface area contributed by atoms with E-state index in [0.717, 1.165) is 19.7 Å². The summed E-state index contributed by atoms with van der Waals surface area (Å²) in [5.74, 6) is -1.27. The second-order valence-corrected chi connectivity index (χ2v) is 6.24. The molecular formula is C14H10BrF2IO. The molecule has 5 heteroatoms. The van der Waals surface area contributed by atoms with Gasteiger partial charge in [-0.3, -0.25) is 0 Å². The summed E-state index contributed by atoms with van der Waals surface area (Å²) in [5.41, 5.74) is 1.17. The molecule has 0 radical (unpaired) electrons. The number of aliphatic hydroxyl groups excluding tert-OH is 1. The molecule has 2 rings (SSSR count). The fourth-order valence-electron chi connectivity index (χ4n) is 1.83. The van der Waals surface area contributed by atoms with Gasteiger partial charge in [-0.05, 0) is 64.0 Å². The number of rotatable bonds is 3. The van der Waals surface area contributed by atoms with Crippen molar-refractivity contribution in [3.63, 3.8) is 0 Å². The van der Waals surface area contributed by atoms with Crippen LogP contribution in [0.2, 0.25) is 0 Å². The third kappa shape index (κ3) is 3.97. The Hall–Kier alpha value is -0.530. The molecule has 0 spiro atoms. The number of hydrogen-bond donors (Lipinski definition) is 1. The maximum absolute atomic E-state index is 13.1. The summed E-state index contributed by atoms with van der Waals surface area (Å²) in [4.78, 5) is 0. The van der Waals surface area contributed by atoms with Crippen LogP contribution in [0.1, 0.15) is 17.2 Å². The zero-order valence-corrected chi connectivity index (χ0v) is 13.5. The monoisotopic (exact) mass is 438 g/mol. The van der Waals surface area contributed by atoms with E-state index in [-0.39, 0.29) is 6.42 Å². The molecule has 0 saturated carbocycles. The fraction of sp³-hybridized carbons (Fsp3) is 0.143. The first kappa shape index (κ1) is 14.9. The van der Waals surface area contributed by atoms with E-state index in [2.05, 4.69) is 38.5 Å². The lowest BCUT2D eigenvalue weighted by Gasteiger charge is -2.13. The van der Waals surface area contributed by atoms with Gasteiger partial charge in [0.15, 0.2) is 0 Å². The average Bonchev–Trinajstić information content (AvgIpc) is 2.30. The van der Waals surface area contributed by atoms with Gasteiger partial charge in [-0.2, -0.15) is 0 Å². The summed E-state index contributed by atoms with van der Waals surface area (Å²) < 4.78 is 27.9. The highest BCUT2D eigenvalue weighted by Gasteiger charge is 2.13. The smallest absolute Gasteiger partial charge is 0.126 e. The van der Waals surface area contributed by atoms with E-state index in [0.29, 0.717) is 5.56 Å². The summed E-state index contributed by atoms with van der Waals surface area (Å²) >= 11 is 5.46. The van der Waals surface area contributed by atoms with Crippen molar-refractivity contribution in [1.82, 2.24) is 0 Å². The van der Waals surface area contributed by atoms with Crippen LogP contribution in [0.4, 0.5) is 8.78 Å². The summed E-state index contributed by atoms with van der Waals surface area (Å²) in [6.45, 7) is 0. The Balaban J connectivity index is 2.25. The molecular weight excluding hydrogens is 429 g/mol. The molecule has 1 unspecified atom stereocenters. The fourth-order valence-corrected chi connectivity index (χ4v) is 2.91. The normalized spacial score (nSPS) is 12.5. The minimum absolute atomic E-state index is 0.168. The van der Waals surface area contributed by atoms with Gasteiger partial charge in [-0.15, -0.1) is 0 Å². The first-order valence-electron chi connectivity index (χ1n) is 5.53. The van der Waals surface area contributed by atoms with E-state index in [1.54, 1.807) is 0 Å². The summed E-state index contributed by atoms with van der Waals surface area (Å²) in [6, 6.07) is 8.84. The predicted molar refractivity (Wildman–Crippen MR) is 81.9 cm³/mol. The van der Waals surface area contributed by atoms with Crippen LogP contribution in [-0.4, -0.2) is 5.11 Å². The van der Waals surface area contributed by atoms with Crippen LogP contribution in [0.15, 0.2) is 40.9 Å². The van der Waals surface area contributed by atoms with Crippen molar-refractivity contribution in [2.75, 3.05) is 0 Å². The number of benzene rings is 2. The standard InChI is InChI=1S/C14H10BrF2IO/c15-9-1-2-13(18)12(6-9)14(19)5-8-3-10(16)7-11(17)4-8/h1-4,6-7,14,19H,5H2. The van der Waals surface area contributed by atoms with E-state index in [9.17, 15) is 13.9 Å². The molecule has 0 fully saturated rings. The summed E-state index contributed by atoms with van der Waals surface area (Å²) in [7, 11) is 0. The van der Waals surface area contributed by atoms with E-state index in [1.165, 1.54) is 12.1 Å². The Kier molecular flexibility index (Phi) is 4.92. The molecule has 0 saturated heterocycles. The summed E-state index contributed by atoms with van der Waals surface area (Å²) in [5, 5.41) is 10.2. The Morgan fingerprint density at radius 1 is 1.11 bits per heavy atom. The molecule has 0 heterocycles. The molecule has 2 aromatic rings. The van der Waals surface area contributed by atoms with Crippen molar-refractivity contribution in [2.45, 2.75) is 12.5 Å². The van der Waals surface area contributed by atoms with Crippen molar-refractivity contribution in [3.8, 4) is 0 Å². The quantitative estimate of drug-likeness (QED) is 0.694. The second-order valence-electron chi connectivity index (χ2n) is 4.16. The highest BCUT2D eigenvalue weighted by molar-refractivity contribution is 14.1. The highest BCUT2D eigenvalue weighted by Crippen LogP contribution is 2.27. The third-order valence-electron chi connectivity index (χ3n) is 2.67. The Bertz CT molecular complexity index is 584. The molecule has 0 aliphatic heterocycles. The van der Waals surface area contributed by atoms with E-state index >= 15 is 0 Å². The van der Waals surface area contributed by atoms with E-state index in [1.807, 2.05) is 18.2 Å². The zero-order valence-electron chi connectivity index (χ0n) is 9.71. The van der Waals surface area contributed by atoms with Gasteiger partial charge in [-0.25, -0.2) is 8.78 Å². The first-order valence-corrected chi connectivity index (χ1v) is 7.41. The molecule has 1 N–H and O–H groups in total. The van der Waals surface area contributed by atoms with Gasteiger partial charge < -0.3 is 5.11 Å². The van der Waals surface area contributed by atoms with Crippen molar-refractivity contribution >= 4 is 38.5 Å². The van der Waals surface area contributed by atoms with Crippen molar-refractivity contribution in [2.24, 2.45) is 0 Å². The average molecular weight is 439 g/mol. The number of aliphatic hydroxyl groups is 1. The maximum Gasteiger partial charge on any atom is 0.126 e. The minimum atomic E-state index is -0.800. The number of hydrogen-bond acceptors (Lipinski definition) is 1. The van der Waals surface area contributed by atoms with Crippen LogP contribution in [0.5, 0.6) is 0 Å². The molecule has 0 aromatic heterocycles. The van der Waals surface area contributed by atoms with Gasteiger partial charge in [0, 0.05) is 20.5 Å². The Labute approximate surface area is 131 Å². The molecule has 2 aromatic carbocycles. The lowest BCUT2D eigenvalue weighted by molar-refractivity contribution is 0.177. The largest absolute Gasteiger partial charge is 0.388 e. The molecule has 1 atom stereocenters. The lowest BCUT2D eigenvalue weighted by atomic mass is 10.0. The third-order valence-corrected chi connectivity index (χ3v) is 4.14. The molecule has 0 amide bonds. The van der Waals surface area contributed by atoms with E-state index < -0.39 is 17.7 Å². The van der Waals surface area contributed by atoms with Crippen LogP contribution in [-0.2, 0) is 6.42 Å². The topological polar surface area (TPSA) is 20.2 Å². The highest BCUT2D eigenvalue weighted by atomic mass is 127. The molecule has 0 aliphatic rings. The molecule has 19 heavy (non-hydrogen) atoms. The Morgan fingerprint density at radius 2 is 1.74 bits per heavy atom. The van der Waals surface area contributed by atoms with Crippen molar-refractivity contribution in [1.29, 1.82) is 0 Å². The lowest BCUT2D eigenvalue weighted by Crippen LogP contribution is -2.04. The van der Waals surface area contributed by atoms with Crippen molar-refractivity contribution in [3.05, 3.63) is 67.2 Å². The van der Waals surface area contributed by atoms with Crippen LogP contribution < -0.4 is 0 Å². The number of halogens is 4. The molecule has 1 nitrogen and oxygen atoms in total. The van der Waals surface area contributed by atoms with Crippen molar-refractivity contribution < 1.29 is 13.9 Å². The van der Waals surface area contributed by atoms with Gasteiger partial charge in [0.2, 0.25) is 0 Å². The van der Waals surface area contributed by atoms with Gasteiger partial charge in [0.1, 0.15) is 11.6 Å². The minimum Gasteiger partial charge on any atom is -0.388 e. The van der Waals surface area contributed by atoms with Crippen LogP contribution in [0.3, 0.4) is 0 Å². The SMILES string of the molecule is OC(Cc1cc(F)cc(F)c1)c1cc(Br)ccc1I. The Morgan fingerprint density at radius 3 is 2.37 bits per heavy atom. The molecule has 0 aliphatic carbocycles. The molecule has 0 bridgehead atoms. The zero-order chi connectivity index (χ0) is 14.0. The maximum atomic E-state index is 13.1. The van der Waals surface area contributed by atoms with E-state index in [4.69, 9.17) is 0 Å². The van der Waals surface area contributed by atoms with Gasteiger partial charge in [0.25, 0.3) is 0 Å².